The summed E-state index contributed by atoms with van der Waals surface area (Å²) < 4.78 is 0. The zero-order valence-electron chi connectivity index (χ0n) is 1.89. The molecule has 0 aliphatic carbocycles. The molecule has 0 saturated heterocycles. The predicted octanol–water partition coefficient (Wildman–Crippen LogP) is 2.86. The molecule has 0 rings (SSSR count). The Morgan fingerprint density at radius 1 is 1.00 bits per heavy atom. The SMILES string of the molecule is C.Cl.Cl.[Cl][Pd][Cl]. The average Bonchev–Trinajstić information content (AvgIpc) is 0.918. The van der Waals surface area contributed by atoms with Crippen LogP contribution in [0.2, 0.25) is 0 Å². The quantitative estimate of drug-likeness (QED) is 0.591. The van der Waals surface area contributed by atoms with E-state index in [9.17, 15) is 0 Å². The first kappa shape index (κ1) is 24.9. The first-order valence-electron chi connectivity index (χ1n) is 0.239. The zero-order chi connectivity index (χ0) is 2.71. The van der Waals surface area contributed by atoms with Gasteiger partial charge in [0.25, 0.3) is 0 Å². The first-order valence-corrected chi connectivity index (χ1v) is 4.24. The van der Waals surface area contributed by atoms with Gasteiger partial charge >= 0.3 is 35.0 Å². The second-order valence-corrected chi connectivity index (χ2v) is 2.41. The van der Waals surface area contributed by atoms with Gasteiger partial charge in [-0.15, -0.1) is 24.8 Å². The Bertz CT molecular complexity index is 7.51. The van der Waals surface area contributed by atoms with Gasteiger partial charge in [0.15, 0.2) is 0 Å². The molecule has 0 atom stereocenters. The monoisotopic (exact) mass is 264 g/mol. The van der Waals surface area contributed by atoms with Crippen LogP contribution in [0.3, 0.4) is 0 Å². The molecular formula is CH6Cl4Pd. The predicted molar refractivity (Wildman–Crippen MR) is 32.9 cm³/mol. The Kier molecular flexibility index (Phi) is 121. The Morgan fingerprint density at radius 2 is 1.00 bits per heavy atom. The van der Waals surface area contributed by atoms with Crippen molar-refractivity contribution in [1.82, 2.24) is 0 Å². The Hall–Kier alpha value is 1.82. The fourth-order valence-electron chi connectivity index (χ4n) is 0. The van der Waals surface area contributed by atoms with Crippen LogP contribution in [0.15, 0.2) is 0 Å². The molecule has 0 aromatic rings. The summed E-state index contributed by atoms with van der Waals surface area (Å²) in [5, 5.41) is 0. The Morgan fingerprint density at radius 3 is 1.00 bits per heavy atom. The van der Waals surface area contributed by atoms with E-state index in [1.165, 1.54) is 0 Å². The van der Waals surface area contributed by atoms with Gasteiger partial charge in [-0.05, 0) is 0 Å². The van der Waals surface area contributed by atoms with Gasteiger partial charge in [0.1, 0.15) is 0 Å². The Balaban J connectivity index is -0.00000000667. The van der Waals surface area contributed by atoms with Gasteiger partial charge in [-0.25, -0.2) is 0 Å². The summed E-state index contributed by atoms with van der Waals surface area (Å²) in [7, 11) is 9.63. The Labute approximate surface area is 66.9 Å². The van der Waals surface area contributed by atoms with Crippen LogP contribution < -0.4 is 0 Å². The molecule has 0 saturated carbocycles. The van der Waals surface area contributed by atoms with Crippen LogP contribution in [-0.2, 0) is 15.9 Å². The van der Waals surface area contributed by atoms with E-state index >= 15 is 0 Å². The topological polar surface area (TPSA) is 0 Å². The van der Waals surface area contributed by atoms with Crippen molar-refractivity contribution in [3.63, 3.8) is 0 Å². The van der Waals surface area contributed by atoms with Gasteiger partial charge in [-0.1, -0.05) is 7.43 Å². The fraction of sp³-hybridized carbons (Fsp3) is 1.00. The van der Waals surface area contributed by atoms with Crippen molar-refractivity contribution in [2.45, 2.75) is 7.43 Å². The minimum absolute atomic E-state index is 0. The molecule has 5 heteroatoms. The summed E-state index contributed by atoms with van der Waals surface area (Å²) in [6, 6.07) is 0. The van der Waals surface area contributed by atoms with Gasteiger partial charge in [-0.2, -0.15) is 0 Å². The second-order valence-electron chi connectivity index (χ2n) is 0.0452. The maximum atomic E-state index is 4.81. The summed E-state index contributed by atoms with van der Waals surface area (Å²) in [5.74, 6) is 0. The van der Waals surface area contributed by atoms with Crippen LogP contribution in [0.25, 0.3) is 0 Å². The molecule has 0 radical (unpaired) electrons. The third-order valence-electron chi connectivity index (χ3n) is 0. The fourth-order valence-corrected chi connectivity index (χ4v) is 0. The molecule has 48 valence electrons. The molecule has 0 aliphatic rings. The summed E-state index contributed by atoms with van der Waals surface area (Å²) >= 11 is -0.106. The molecule has 0 aromatic heterocycles. The van der Waals surface area contributed by atoms with Crippen LogP contribution in [0.1, 0.15) is 7.43 Å². The molecular weight excluding hydrogens is 260 g/mol. The van der Waals surface area contributed by atoms with E-state index in [4.69, 9.17) is 19.1 Å². The molecule has 0 unspecified atom stereocenters. The molecule has 0 aliphatic heterocycles. The molecule has 0 N–H and O–H groups in total. The van der Waals surface area contributed by atoms with E-state index in [1.54, 1.807) is 0 Å². The minimum atomic E-state index is -0.106. The molecule has 0 nitrogen and oxygen atoms in total. The van der Waals surface area contributed by atoms with E-state index in [-0.39, 0.29) is 48.2 Å². The van der Waals surface area contributed by atoms with Crippen molar-refractivity contribution in [3.8, 4) is 0 Å². The molecule has 0 amide bonds. The number of hydrogen-bond acceptors (Lipinski definition) is 0. The van der Waals surface area contributed by atoms with Crippen LogP contribution in [0.5, 0.6) is 0 Å². The van der Waals surface area contributed by atoms with Crippen LogP contribution in [0, 0.1) is 0 Å². The number of halogens is 4. The summed E-state index contributed by atoms with van der Waals surface area (Å²) in [5.41, 5.74) is 0. The average molecular weight is 266 g/mol. The third-order valence-corrected chi connectivity index (χ3v) is 0. The van der Waals surface area contributed by atoms with Gasteiger partial charge < -0.3 is 0 Å². The normalized spacial score (nSPS) is 3.67. The molecule has 0 fully saturated rings. The van der Waals surface area contributed by atoms with Crippen molar-refractivity contribution in [2.75, 3.05) is 0 Å². The summed E-state index contributed by atoms with van der Waals surface area (Å²) in [6.07, 6.45) is 0. The van der Waals surface area contributed by atoms with Crippen molar-refractivity contribution in [2.24, 2.45) is 0 Å². The third kappa shape index (κ3) is 40.8. The van der Waals surface area contributed by atoms with Crippen LogP contribution in [0.4, 0.5) is 0 Å². The van der Waals surface area contributed by atoms with Crippen molar-refractivity contribution >= 4 is 43.9 Å². The molecule has 0 spiro atoms. The van der Waals surface area contributed by atoms with Gasteiger partial charge in [0, 0.05) is 0 Å². The first-order chi connectivity index (χ1) is 1.41. The zero-order valence-corrected chi connectivity index (χ0v) is 6.59. The van der Waals surface area contributed by atoms with Gasteiger partial charge in [-0.3, -0.25) is 0 Å². The van der Waals surface area contributed by atoms with E-state index < -0.39 is 0 Å². The number of rotatable bonds is 0. The molecule has 0 bridgehead atoms. The van der Waals surface area contributed by atoms with E-state index in [2.05, 4.69) is 0 Å². The molecule has 6 heavy (non-hydrogen) atoms. The second kappa shape index (κ2) is 29.0. The van der Waals surface area contributed by atoms with E-state index in [1.807, 2.05) is 0 Å². The molecule has 0 heterocycles. The van der Waals surface area contributed by atoms with Crippen molar-refractivity contribution < 1.29 is 15.9 Å². The van der Waals surface area contributed by atoms with E-state index in [0.29, 0.717) is 0 Å². The maximum absolute atomic E-state index is 4.81. The standard InChI is InChI=1S/CH4.4ClH.Pd/h1H4;4*1H;/q;;;;;+2/p-2. The molecule has 0 aromatic carbocycles. The van der Waals surface area contributed by atoms with Gasteiger partial charge in [0.2, 0.25) is 0 Å². The van der Waals surface area contributed by atoms with Crippen molar-refractivity contribution in [3.05, 3.63) is 0 Å². The van der Waals surface area contributed by atoms with Gasteiger partial charge in [0.05, 0.1) is 0 Å². The van der Waals surface area contributed by atoms with Crippen LogP contribution in [-0.4, -0.2) is 0 Å². The summed E-state index contributed by atoms with van der Waals surface area (Å²) in [6.45, 7) is 0. The van der Waals surface area contributed by atoms with Crippen molar-refractivity contribution in [1.29, 1.82) is 0 Å². The summed E-state index contributed by atoms with van der Waals surface area (Å²) in [4.78, 5) is 0. The number of hydrogen-bond donors (Lipinski definition) is 0. The van der Waals surface area contributed by atoms with Crippen LogP contribution >= 0.6 is 43.9 Å². The van der Waals surface area contributed by atoms with E-state index in [0.717, 1.165) is 0 Å².